The normalized spacial score (nSPS) is 18.4. The molecule has 0 spiro atoms. The molecule has 2 N–H and O–H groups in total. The van der Waals surface area contributed by atoms with Crippen LogP contribution in [0.5, 0.6) is 0 Å². The van der Waals surface area contributed by atoms with Gasteiger partial charge in [-0.2, -0.15) is 0 Å². The highest BCUT2D eigenvalue weighted by atomic mass is 32.1. The molecule has 4 rings (SSSR count). The zero-order valence-corrected chi connectivity index (χ0v) is 12.9. The molecule has 5 heteroatoms. The highest BCUT2D eigenvalue weighted by molar-refractivity contribution is 7.11. The van der Waals surface area contributed by atoms with Crippen molar-refractivity contribution in [1.82, 2.24) is 9.88 Å². The first-order chi connectivity index (χ1) is 10.7. The average Bonchev–Trinajstić information content (AvgIpc) is 3.14. The lowest BCUT2D eigenvalue weighted by Crippen LogP contribution is -2.28. The maximum Gasteiger partial charge on any atom is 0.135 e. The molecule has 0 radical (unpaired) electrons. The molecule has 0 amide bonds. The van der Waals surface area contributed by atoms with Crippen LogP contribution in [-0.2, 0) is 0 Å². The summed E-state index contributed by atoms with van der Waals surface area (Å²) in [6.45, 7) is 1.33. The second kappa shape index (κ2) is 5.25. The topological polar surface area (TPSA) is 60.2 Å². The third kappa shape index (κ3) is 2.41. The quantitative estimate of drug-likeness (QED) is 0.903. The molecule has 1 aliphatic heterocycles. The SMILES string of the molecule is N=C1C(c2nc(-c3ccccc3)cs2)=C(O)CN1CC1CC1. The summed E-state index contributed by atoms with van der Waals surface area (Å²) in [6, 6.07) is 9.99. The van der Waals surface area contributed by atoms with Crippen molar-refractivity contribution < 1.29 is 5.11 Å². The first kappa shape index (κ1) is 13.5. The minimum absolute atomic E-state index is 0.277. The number of benzene rings is 1. The van der Waals surface area contributed by atoms with E-state index in [9.17, 15) is 5.11 Å². The van der Waals surface area contributed by atoms with Gasteiger partial charge >= 0.3 is 0 Å². The number of thiazole rings is 1. The number of rotatable bonds is 4. The van der Waals surface area contributed by atoms with Gasteiger partial charge in [0.2, 0.25) is 0 Å². The summed E-state index contributed by atoms with van der Waals surface area (Å²) in [5.74, 6) is 1.39. The third-order valence-electron chi connectivity index (χ3n) is 4.15. The Labute approximate surface area is 133 Å². The van der Waals surface area contributed by atoms with E-state index in [1.807, 2.05) is 40.6 Å². The second-order valence-corrected chi connectivity index (χ2v) is 6.76. The minimum atomic E-state index is 0.277. The smallest absolute Gasteiger partial charge is 0.135 e. The predicted molar refractivity (Wildman–Crippen MR) is 89.1 cm³/mol. The zero-order valence-electron chi connectivity index (χ0n) is 12.1. The average molecular weight is 311 g/mol. The Morgan fingerprint density at radius 1 is 1.27 bits per heavy atom. The van der Waals surface area contributed by atoms with Gasteiger partial charge in [-0.15, -0.1) is 11.3 Å². The van der Waals surface area contributed by atoms with E-state index < -0.39 is 0 Å². The van der Waals surface area contributed by atoms with Crippen molar-refractivity contribution in [2.24, 2.45) is 5.92 Å². The van der Waals surface area contributed by atoms with Crippen LogP contribution in [0.3, 0.4) is 0 Å². The Hall–Kier alpha value is -2.14. The minimum Gasteiger partial charge on any atom is -0.510 e. The largest absolute Gasteiger partial charge is 0.510 e. The van der Waals surface area contributed by atoms with E-state index in [1.165, 1.54) is 24.2 Å². The fourth-order valence-electron chi connectivity index (χ4n) is 2.76. The van der Waals surface area contributed by atoms with Gasteiger partial charge in [0.25, 0.3) is 0 Å². The molecule has 1 aromatic carbocycles. The molecule has 2 aromatic rings. The first-order valence-electron chi connectivity index (χ1n) is 7.49. The van der Waals surface area contributed by atoms with E-state index >= 15 is 0 Å². The molecular weight excluding hydrogens is 294 g/mol. The molecule has 112 valence electrons. The highest BCUT2D eigenvalue weighted by Crippen LogP contribution is 2.35. The summed E-state index contributed by atoms with van der Waals surface area (Å²) >= 11 is 1.49. The number of aliphatic hydroxyl groups is 1. The lowest BCUT2D eigenvalue weighted by molar-refractivity contribution is 0.343. The van der Waals surface area contributed by atoms with Gasteiger partial charge in [-0.05, 0) is 18.8 Å². The molecule has 2 heterocycles. The Morgan fingerprint density at radius 3 is 2.77 bits per heavy atom. The molecule has 0 unspecified atom stereocenters. The van der Waals surface area contributed by atoms with Crippen LogP contribution in [0.4, 0.5) is 0 Å². The lowest BCUT2D eigenvalue weighted by Gasteiger charge is -2.17. The van der Waals surface area contributed by atoms with Gasteiger partial charge in [0.15, 0.2) is 0 Å². The Balaban J connectivity index is 1.60. The van der Waals surface area contributed by atoms with Crippen molar-refractivity contribution in [2.75, 3.05) is 13.1 Å². The lowest BCUT2D eigenvalue weighted by atomic mass is 10.2. The van der Waals surface area contributed by atoms with Gasteiger partial charge in [-0.1, -0.05) is 30.3 Å². The molecule has 0 atom stereocenters. The molecule has 0 saturated heterocycles. The third-order valence-corrected chi connectivity index (χ3v) is 5.01. The fourth-order valence-corrected chi connectivity index (χ4v) is 3.65. The monoisotopic (exact) mass is 311 g/mol. The van der Waals surface area contributed by atoms with Crippen molar-refractivity contribution in [3.63, 3.8) is 0 Å². The fraction of sp³-hybridized carbons (Fsp3) is 0.294. The number of aliphatic hydroxyl groups excluding tert-OH is 1. The maximum absolute atomic E-state index is 10.3. The van der Waals surface area contributed by atoms with Crippen LogP contribution in [-0.4, -0.2) is 33.9 Å². The van der Waals surface area contributed by atoms with E-state index in [0.717, 1.165) is 22.8 Å². The van der Waals surface area contributed by atoms with E-state index in [-0.39, 0.29) is 5.76 Å². The molecule has 1 aliphatic carbocycles. The number of aromatic nitrogens is 1. The van der Waals surface area contributed by atoms with Gasteiger partial charge in [-0.25, -0.2) is 4.98 Å². The van der Waals surface area contributed by atoms with Crippen LogP contribution in [0, 0.1) is 11.3 Å². The van der Waals surface area contributed by atoms with Crippen LogP contribution < -0.4 is 0 Å². The Bertz CT molecular complexity index is 746. The van der Waals surface area contributed by atoms with Crippen molar-refractivity contribution in [1.29, 1.82) is 5.41 Å². The molecule has 1 aromatic heterocycles. The molecule has 4 nitrogen and oxygen atoms in total. The van der Waals surface area contributed by atoms with Crippen molar-refractivity contribution in [3.05, 3.63) is 46.5 Å². The number of amidine groups is 1. The van der Waals surface area contributed by atoms with Gasteiger partial charge < -0.3 is 10.0 Å². The van der Waals surface area contributed by atoms with Crippen LogP contribution in [0.15, 0.2) is 41.5 Å². The van der Waals surface area contributed by atoms with Gasteiger partial charge in [0.1, 0.15) is 16.6 Å². The maximum atomic E-state index is 10.3. The summed E-state index contributed by atoms with van der Waals surface area (Å²) in [7, 11) is 0. The van der Waals surface area contributed by atoms with Crippen molar-refractivity contribution in [3.8, 4) is 11.3 Å². The van der Waals surface area contributed by atoms with E-state index in [0.29, 0.717) is 23.9 Å². The number of nitrogens with one attached hydrogen (secondary N) is 1. The van der Waals surface area contributed by atoms with Crippen molar-refractivity contribution in [2.45, 2.75) is 12.8 Å². The van der Waals surface area contributed by atoms with Gasteiger partial charge in [0, 0.05) is 17.5 Å². The van der Waals surface area contributed by atoms with Crippen molar-refractivity contribution >= 4 is 22.7 Å². The summed E-state index contributed by atoms with van der Waals surface area (Å²) < 4.78 is 0. The summed E-state index contributed by atoms with van der Waals surface area (Å²) in [6.07, 6.45) is 2.49. The molecule has 1 fully saturated rings. The van der Waals surface area contributed by atoms with E-state index in [1.54, 1.807) is 0 Å². The molecule has 2 aliphatic rings. The van der Waals surface area contributed by atoms with Crippen LogP contribution in [0.25, 0.3) is 16.8 Å². The zero-order chi connectivity index (χ0) is 15.1. The summed E-state index contributed by atoms with van der Waals surface area (Å²) in [5, 5.41) is 21.3. The standard InChI is InChI=1S/C17H17N3OS/c18-16-15(14(21)9-20(16)8-11-6-7-11)17-19-13(10-22-17)12-4-2-1-3-5-12/h1-5,10-11,18,21H,6-9H2. The second-order valence-electron chi connectivity index (χ2n) is 5.90. The van der Waals surface area contributed by atoms with Crippen LogP contribution >= 0.6 is 11.3 Å². The summed E-state index contributed by atoms with van der Waals surface area (Å²) in [5.41, 5.74) is 2.56. The highest BCUT2D eigenvalue weighted by Gasteiger charge is 2.34. The molecule has 0 bridgehead atoms. The summed E-state index contributed by atoms with van der Waals surface area (Å²) in [4.78, 5) is 6.59. The Morgan fingerprint density at radius 2 is 2.05 bits per heavy atom. The van der Waals surface area contributed by atoms with E-state index in [2.05, 4.69) is 4.98 Å². The van der Waals surface area contributed by atoms with Crippen LogP contribution in [0.1, 0.15) is 17.8 Å². The molecular formula is C17H17N3OS. The first-order valence-corrected chi connectivity index (χ1v) is 8.37. The predicted octanol–water partition coefficient (Wildman–Crippen LogP) is 3.78. The number of hydrogen-bond donors (Lipinski definition) is 2. The molecule has 22 heavy (non-hydrogen) atoms. The van der Waals surface area contributed by atoms with Crippen LogP contribution in [0.2, 0.25) is 0 Å². The number of nitrogens with zero attached hydrogens (tertiary/aromatic N) is 2. The van der Waals surface area contributed by atoms with E-state index in [4.69, 9.17) is 5.41 Å². The van der Waals surface area contributed by atoms with Gasteiger partial charge in [-0.3, -0.25) is 5.41 Å². The number of hydrogen-bond acceptors (Lipinski definition) is 4. The Kier molecular flexibility index (Phi) is 3.22. The van der Waals surface area contributed by atoms with Gasteiger partial charge in [0.05, 0.1) is 17.8 Å². The molecule has 1 saturated carbocycles.